The molecule has 7 heteroatoms. The van der Waals surface area contributed by atoms with Crippen LogP contribution in [0.25, 0.3) is 11.4 Å². The van der Waals surface area contributed by atoms with Gasteiger partial charge < -0.3 is 9.47 Å². The fraction of sp³-hybridized carbons (Fsp3) is 0.500. The lowest BCUT2D eigenvalue weighted by molar-refractivity contribution is -0.0624. The summed E-state index contributed by atoms with van der Waals surface area (Å²) in [5.41, 5.74) is 0.985. The number of H-pyrrole nitrogens is 1. The molecule has 0 aliphatic carbocycles. The zero-order valence-corrected chi connectivity index (χ0v) is 14.5. The zero-order valence-electron chi connectivity index (χ0n) is 13.7. The van der Waals surface area contributed by atoms with E-state index in [4.69, 9.17) is 21.7 Å². The highest BCUT2D eigenvalue weighted by molar-refractivity contribution is 7.71. The summed E-state index contributed by atoms with van der Waals surface area (Å²) in [4.78, 5) is 6.82. The van der Waals surface area contributed by atoms with Gasteiger partial charge in [-0.2, -0.15) is 4.98 Å². The van der Waals surface area contributed by atoms with Gasteiger partial charge in [0.05, 0.1) is 26.5 Å². The van der Waals surface area contributed by atoms with Crippen LogP contribution in [0.1, 0.15) is 13.8 Å². The second-order valence-electron chi connectivity index (χ2n) is 5.92. The predicted octanol–water partition coefficient (Wildman–Crippen LogP) is 2.68. The number of aromatic nitrogens is 3. The van der Waals surface area contributed by atoms with Crippen LogP contribution in [0.15, 0.2) is 24.3 Å². The highest BCUT2D eigenvalue weighted by Crippen LogP contribution is 2.20. The van der Waals surface area contributed by atoms with Crippen LogP contribution in [-0.2, 0) is 11.4 Å². The number of benzene rings is 1. The van der Waals surface area contributed by atoms with Gasteiger partial charge in [-0.3, -0.25) is 10.00 Å². The van der Waals surface area contributed by atoms with Gasteiger partial charge in [-0.15, -0.1) is 0 Å². The molecule has 0 saturated carbocycles. The Balaban J connectivity index is 1.79. The first-order valence-electron chi connectivity index (χ1n) is 7.73. The number of methoxy groups -OCH3 is 1. The molecule has 1 aliphatic rings. The van der Waals surface area contributed by atoms with E-state index in [9.17, 15) is 0 Å². The molecule has 1 aromatic heterocycles. The van der Waals surface area contributed by atoms with E-state index in [0.29, 0.717) is 17.5 Å². The minimum atomic E-state index is 0.240. The van der Waals surface area contributed by atoms with Gasteiger partial charge in [-0.05, 0) is 50.3 Å². The summed E-state index contributed by atoms with van der Waals surface area (Å²) in [6, 6.07) is 8.13. The lowest BCUT2D eigenvalue weighted by Gasteiger charge is -2.36. The summed E-state index contributed by atoms with van der Waals surface area (Å²) in [5, 5.41) is 3.30. The lowest BCUT2D eigenvalue weighted by Crippen LogP contribution is -2.47. The fourth-order valence-electron chi connectivity index (χ4n) is 2.68. The van der Waals surface area contributed by atoms with E-state index >= 15 is 0 Å². The Labute approximate surface area is 141 Å². The average Bonchev–Trinajstić information content (AvgIpc) is 2.92. The summed E-state index contributed by atoms with van der Waals surface area (Å²) in [6.07, 6.45) is 0.240. The third-order valence-corrected chi connectivity index (χ3v) is 4.41. The maximum atomic E-state index is 5.67. The molecule has 1 aliphatic heterocycles. The van der Waals surface area contributed by atoms with Gasteiger partial charge in [0.2, 0.25) is 4.77 Å². The Hall–Kier alpha value is -1.70. The molecule has 0 spiro atoms. The van der Waals surface area contributed by atoms with Crippen LogP contribution in [-0.4, -0.2) is 52.1 Å². The molecule has 0 bridgehead atoms. The fourth-order valence-corrected chi connectivity index (χ4v) is 2.88. The quantitative estimate of drug-likeness (QED) is 0.871. The van der Waals surface area contributed by atoms with Crippen LogP contribution in [0.5, 0.6) is 5.75 Å². The van der Waals surface area contributed by atoms with Gasteiger partial charge in [0.1, 0.15) is 5.75 Å². The molecule has 2 unspecified atom stereocenters. The topological polar surface area (TPSA) is 55.3 Å². The van der Waals surface area contributed by atoms with E-state index in [0.717, 1.165) is 30.3 Å². The Morgan fingerprint density at radius 3 is 2.78 bits per heavy atom. The maximum absolute atomic E-state index is 5.67. The van der Waals surface area contributed by atoms with Gasteiger partial charge in [-0.1, -0.05) is 0 Å². The summed E-state index contributed by atoms with van der Waals surface area (Å²) in [7, 11) is 1.65. The van der Waals surface area contributed by atoms with E-state index in [1.807, 2.05) is 28.9 Å². The molecule has 2 heterocycles. The van der Waals surface area contributed by atoms with Gasteiger partial charge in [0.15, 0.2) is 5.82 Å². The first-order chi connectivity index (χ1) is 11.1. The van der Waals surface area contributed by atoms with Crippen molar-refractivity contribution in [3.63, 3.8) is 0 Å². The van der Waals surface area contributed by atoms with E-state index in [2.05, 4.69) is 28.8 Å². The molecule has 1 saturated heterocycles. The average molecular weight is 334 g/mol. The first-order valence-corrected chi connectivity index (χ1v) is 8.14. The van der Waals surface area contributed by atoms with Crippen molar-refractivity contribution in [1.29, 1.82) is 0 Å². The van der Waals surface area contributed by atoms with Crippen LogP contribution < -0.4 is 4.74 Å². The van der Waals surface area contributed by atoms with Crippen molar-refractivity contribution in [1.82, 2.24) is 19.7 Å². The smallest absolute Gasteiger partial charge is 0.217 e. The van der Waals surface area contributed by atoms with Crippen LogP contribution in [0.3, 0.4) is 0 Å². The second kappa shape index (κ2) is 6.82. The highest BCUT2D eigenvalue weighted by Gasteiger charge is 2.24. The van der Waals surface area contributed by atoms with Gasteiger partial charge in [0.25, 0.3) is 0 Å². The van der Waals surface area contributed by atoms with Crippen LogP contribution >= 0.6 is 12.2 Å². The van der Waals surface area contributed by atoms with Crippen molar-refractivity contribution in [2.75, 3.05) is 20.3 Å². The molecule has 0 radical (unpaired) electrons. The summed E-state index contributed by atoms with van der Waals surface area (Å²) < 4.78 is 13.3. The molecule has 6 nitrogen and oxygen atoms in total. The van der Waals surface area contributed by atoms with Crippen molar-refractivity contribution in [3.05, 3.63) is 29.0 Å². The van der Waals surface area contributed by atoms with Crippen molar-refractivity contribution in [2.45, 2.75) is 32.7 Å². The van der Waals surface area contributed by atoms with E-state index in [-0.39, 0.29) is 6.10 Å². The number of aromatic amines is 1. The number of rotatable bonds is 4. The standard InChI is InChI=1S/C16H22N4O2S/c1-11-9-22-12(2)8-19(11)10-20-16(23)17-15(18-20)13-4-6-14(21-3)7-5-13/h4-7,11-12H,8-10H2,1-3H3,(H,17,18,23). The van der Waals surface area contributed by atoms with Crippen molar-refractivity contribution < 1.29 is 9.47 Å². The number of hydrogen-bond acceptors (Lipinski definition) is 5. The maximum Gasteiger partial charge on any atom is 0.217 e. The Morgan fingerprint density at radius 1 is 1.35 bits per heavy atom. The van der Waals surface area contributed by atoms with Gasteiger partial charge in [-0.25, -0.2) is 4.68 Å². The third kappa shape index (κ3) is 3.63. The summed E-state index contributed by atoms with van der Waals surface area (Å²) in [6.45, 7) is 6.58. The van der Waals surface area contributed by atoms with Crippen molar-refractivity contribution in [2.24, 2.45) is 0 Å². The Morgan fingerprint density at radius 2 is 2.09 bits per heavy atom. The SMILES string of the molecule is COc1ccc(-c2nc(=S)n(CN3CC(C)OCC3C)[nH]2)cc1. The number of nitrogens with one attached hydrogen (secondary N) is 1. The van der Waals surface area contributed by atoms with Crippen molar-refractivity contribution in [3.8, 4) is 17.1 Å². The van der Waals surface area contributed by atoms with Crippen LogP contribution in [0.2, 0.25) is 0 Å². The van der Waals surface area contributed by atoms with Gasteiger partial charge >= 0.3 is 0 Å². The Kier molecular flexibility index (Phi) is 4.79. The summed E-state index contributed by atoms with van der Waals surface area (Å²) >= 11 is 5.40. The third-order valence-electron chi connectivity index (χ3n) is 4.10. The molecule has 1 N–H and O–H groups in total. The van der Waals surface area contributed by atoms with Crippen molar-refractivity contribution >= 4 is 12.2 Å². The predicted molar refractivity (Wildman–Crippen MR) is 91.0 cm³/mol. The minimum absolute atomic E-state index is 0.240. The molecule has 1 fully saturated rings. The molecule has 0 amide bonds. The number of morpholine rings is 1. The van der Waals surface area contributed by atoms with E-state index < -0.39 is 0 Å². The van der Waals surface area contributed by atoms with E-state index in [1.54, 1.807) is 7.11 Å². The largest absolute Gasteiger partial charge is 0.497 e. The molecule has 3 rings (SSSR count). The summed E-state index contributed by atoms with van der Waals surface area (Å²) in [5.74, 6) is 1.59. The van der Waals surface area contributed by atoms with Crippen LogP contribution in [0, 0.1) is 4.77 Å². The number of ether oxygens (including phenoxy) is 2. The second-order valence-corrected chi connectivity index (χ2v) is 6.28. The highest BCUT2D eigenvalue weighted by atomic mass is 32.1. The monoisotopic (exact) mass is 334 g/mol. The first kappa shape index (κ1) is 16.2. The molecule has 1 aromatic carbocycles. The normalized spacial score (nSPS) is 22.2. The molecule has 2 aromatic rings. The zero-order chi connectivity index (χ0) is 16.4. The Bertz CT molecular complexity index is 710. The minimum Gasteiger partial charge on any atom is -0.497 e. The molecule has 2 atom stereocenters. The molecular formula is C16H22N4O2S. The lowest BCUT2D eigenvalue weighted by atomic mass is 10.2. The molecule has 23 heavy (non-hydrogen) atoms. The van der Waals surface area contributed by atoms with Gasteiger partial charge in [0, 0.05) is 18.2 Å². The molecule has 124 valence electrons. The number of hydrogen-bond donors (Lipinski definition) is 1. The van der Waals surface area contributed by atoms with Crippen LogP contribution in [0.4, 0.5) is 0 Å². The van der Waals surface area contributed by atoms with E-state index in [1.165, 1.54) is 0 Å². The number of nitrogens with zero attached hydrogens (tertiary/aromatic N) is 3. The molecular weight excluding hydrogens is 312 g/mol.